The van der Waals surface area contributed by atoms with Crippen molar-refractivity contribution in [3.63, 3.8) is 0 Å². The number of ketones is 2. The molecule has 0 aliphatic carbocycles. The van der Waals surface area contributed by atoms with Gasteiger partial charge in [0.15, 0.2) is 11.6 Å². The van der Waals surface area contributed by atoms with Crippen molar-refractivity contribution in [3.05, 3.63) is 57.6 Å². The minimum Gasteiger partial charge on any atom is -0.507 e. The summed E-state index contributed by atoms with van der Waals surface area (Å²) in [7, 11) is 0. The van der Waals surface area contributed by atoms with Gasteiger partial charge in [0, 0.05) is 59.3 Å². The highest BCUT2D eigenvalue weighted by molar-refractivity contribution is 6.35. The third-order valence-corrected chi connectivity index (χ3v) is 8.31. The summed E-state index contributed by atoms with van der Waals surface area (Å²) in [4.78, 5) is 50.3. The fraction of sp³-hybridized carbons (Fsp3) is 0.600. The van der Waals surface area contributed by atoms with Crippen LogP contribution in [-0.4, -0.2) is 73.1 Å². The molecule has 0 unspecified atom stereocenters. The largest absolute Gasteiger partial charge is 0.507 e. The van der Waals surface area contributed by atoms with Gasteiger partial charge in [-0.25, -0.2) is 0 Å². The van der Waals surface area contributed by atoms with Gasteiger partial charge in [0.05, 0.1) is 26.4 Å². The standard InChI is InChI=1S/C40H60N2O8/c1-37(2,3)27-21-25(22-28(33(27)45)38(4,5)6)31(43)13-17-49-19-15-41-35(47)36(48)42-16-20-50-18-14-32(44)26-23-29(39(7,8)9)34(46)30(24-26)40(10,11)12/h21-24,45-46H,13-20H2,1-12H3,(H,41,47)(H,42,48). The Hall–Kier alpha value is -3.76. The van der Waals surface area contributed by atoms with E-state index in [4.69, 9.17) is 9.47 Å². The Morgan fingerprint density at radius 1 is 0.500 bits per heavy atom. The van der Waals surface area contributed by atoms with Crippen molar-refractivity contribution in [2.45, 2.75) is 118 Å². The van der Waals surface area contributed by atoms with Crippen LogP contribution in [0, 0.1) is 0 Å². The number of carbonyl (C=O) groups is 4. The molecule has 278 valence electrons. The van der Waals surface area contributed by atoms with E-state index in [1.54, 1.807) is 24.3 Å². The van der Waals surface area contributed by atoms with E-state index in [0.717, 1.165) is 0 Å². The number of Topliss-reactive ketones (excluding diaryl/α,β-unsaturated/α-hetero) is 2. The predicted molar refractivity (Wildman–Crippen MR) is 197 cm³/mol. The highest BCUT2D eigenvalue weighted by atomic mass is 16.5. The summed E-state index contributed by atoms with van der Waals surface area (Å²) in [5, 5.41) is 26.8. The van der Waals surface area contributed by atoms with Crippen LogP contribution in [0.2, 0.25) is 0 Å². The molecule has 0 fully saturated rings. The number of phenols is 2. The summed E-state index contributed by atoms with van der Waals surface area (Å²) in [6.07, 6.45) is 0.256. The number of rotatable bonds is 14. The Bertz CT molecular complexity index is 1350. The number of carbonyl (C=O) groups excluding carboxylic acids is 4. The number of benzene rings is 2. The fourth-order valence-corrected chi connectivity index (χ4v) is 5.33. The summed E-state index contributed by atoms with van der Waals surface area (Å²) < 4.78 is 11.1. The van der Waals surface area contributed by atoms with Crippen LogP contribution in [0.15, 0.2) is 24.3 Å². The molecule has 10 heteroatoms. The molecular formula is C40H60N2O8. The lowest BCUT2D eigenvalue weighted by atomic mass is 9.78. The SMILES string of the molecule is CC(C)(C)c1cc(C(=O)CCOCCNC(=O)C(=O)NCCOCCC(=O)c2cc(C(C)(C)C)c(O)c(C(C)(C)C)c2)cc(C(C)(C)C)c1O. The molecule has 0 saturated carbocycles. The topological polar surface area (TPSA) is 151 Å². The molecule has 0 heterocycles. The highest BCUT2D eigenvalue weighted by Gasteiger charge is 2.29. The minimum atomic E-state index is -0.815. The van der Waals surface area contributed by atoms with E-state index >= 15 is 0 Å². The first-order valence-electron chi connectivity index (χ1n) is 17.4. The Morgan fingerprint density at radius 3 is 1.00 bits per heavy atom. The minimum absolute atomic E-state index is 0.0890. The van der Waals surface area contributed by atoms with Crippen molar-refractivity contribution in [1.29, 1.82) is 0 Å². The van der Waals surface area contributed by atoms with Crippen LogP contribution in [0.3, 0.4) is 0 Å². The molecule has 2 aromatic carbocycles. The number of ether oxygens (including phenoxy) is 2. The van der Waals surface area contributed by atoms with Gasteiger partial charge >= 0.3 is 11.8 Å². The lowest BCUT2D eigenvalue weighted by Crippen LogP contribution is -2.42. The van der Waals surface area contributed by atoms with Gasteiger partial charge in [0.2, 0.25) is 0 Å². The molecule has 2 rings (SSSR count). The first kappa shape index (κ1) is 42.4. The summed E-state index contributed by atoms with van der Waals surface area (Å²) in [6, 6.07) is 7.00. The summed E-state index contributed by atoms with van der Waals surface area (Å²) in [5.41, 5.74) is 2.50. The lowest BCUT2D eigenvalue weighted by Gasteiger charge is -2.28. The Kier molecular flexibility index (Phi) is 14.4. The van der Waals surface area contributed by atoms with E-state index < -0.39 is 11.8 Å². The number of hydrogen-bond acceptors (Lipinski definition) is 8. The summed E-state index contributed by atoms with van der Waals surface area (Å²) >= 11 is 0. The molecule has 0 saturated heterocycles. The molecule has 0 atom stereocenters. The van der Waals surface area contributed by atoms with E-state index in [1.165, 1.54) is 0 Å². The van der Waals surface area contributed by atoms with Crippen LogP contribution < -0.4 is 10.6 Å². The van der Waals surface area contributed by atoms with Crippen molar-refractivity contribution in [3.8, 4) is 11.5 Å². The third-order valence-electron chi connectivity index (χ3n) is 8.31. The molecule has 2 amide bonds. The molecule has 50 heavy (non-hydrogen) atoms. The maximum Gasteiger partial charge on any atom is 0.309 e. The van der Waals surface area contributed by atoms with Crippen LogP contribution in [0.5, 0.6) is 11.5 Å². The van der Waals surface area contributed by atoms with Gasteiger partial charge in [-0.3, -0.25) is 19.2 Å². The summed E-state index contributed by atoms with van der Waals surface area (Å²) in [6.45, 7) is 24.6. The maximum atomic E-state index is 13.0. The van der Waals surface area contributed by atoms with E-state index in [-0.39, 0.29) is 97.1 Å². The van der Waals surface area contributed by atoms with E-state index in [1.807, 2.05) is 83.1 Å². The molecule has 4 N–H and O–H groups in total. The molecular weight excluding hydrogens is 636 g/mol. The lowest BCUT2D eigenvalue weighted by molar-refractivity contribution is -0.139. The molecule has 10 nitrogen and oxygen atoms in total. The van der Waals surface area contributed by atoms with Crippen molar-refractivity contribution < 1.29 is 38.9 Å². The zero-order valence-electron chi connectivity index (χ0n) is 32.3. The Labute approximate surface area is 298 Å². The second-order valence-electron chi connectivity index (χ2n) is 16.9. The fourth-order valence-electron chi connectivity index (χ4n) is 5.33. The zero-order chi connectivity index (χ0) is 38.2. The first-order valence-corrected chi connectivity index (χ1v) is 17.4. The first-order chi connectivity index (χ1) is 22.9. The molecule has 0 aliphatic rings. The van der Waals surface area contributed by atoms with E-state index in [0.29, 0.717) is 33.4 Å². The van der Waals surface area contributed by atoms with Gasteiger partial charge < -0.3 is 30.3 Å². The number of hydrogen-bond donors (Lipinski definition) is 4. The quantitative estimate of drug-likeness (QED) is 0.101. The number of aromatic hydroxyl groups is 2. The molecule has 0 aliphatic heterocycles. The van der Waals surface area contributed by atoms with Crippen LogP contribution >= 0.6 is 0 Å². The van der Waals surface area contributed by atoms with Gasteiger partial charge in [-0.1, -0.05) is 83.1 Å². The van der Waals surface area contributed by atoms with E-state index in [9.17, 15) is 29.4 Å². The van der Waals surface area contributed by atoms with Crippen molar-refractivity contribution in [2.75, 3.05) is 39.5 Å². The number of phenolic OH excluding ortho intramolecular Hbond substituents is 2. The third kappa shape index (κ3) is 12.2. The molecule has 0 spiro atoms. The van der Waals surface area contributed by atoms with Gasteiger partial charge in [-0.15, -0.1) is 0 Å². The van der Waals surface area contributed by atoms with Crippen LogP contribution in [0.25, 0.3) is 0 Å². The second kappa shape index (κ2) is 17.0. The number of nitrogens with one attached hydrogen (secondary N) is 2. The maximum absolute atomic E-state index is 13.0. The predicted octanol–water partition coefficient (Wildman–Crippen LogP) is 6.40. The van der Waals surface area contributed by atoms with Crippen LogP contribution in [0.1, 0.15) is 139 Å². The Morgan fingerprint density at radius 2 is 0.760 bits per heavy atom. The zero-order valence-corrected chi connectivity index (χ0v) is 32.3. The molecule has 0 bridgehead atoms. The molecule has 0 aromatic heterocycles. The van der Waals surface area contributed by atoms with Gasteiger partial charge in [0.25, 0.3) is 0 Å². The van der Waals surface area contributed by atoms with Crippen molar-refractivity contribution in [2.24, 2.45) is 0 Å². The monoisotopic (exact) mass is 696 g/mol. The number of amides is 2. The smallest absolute Gasteiger partial charge is 0.309 e. The average molecular weight is 697 g/mol. The van der Waals surface area contributed by atoms with Crippen LogP contribution in [0.4, 0.5) is 0 Å². The summed E-state index contributed by atoms with van der Waals surface area (Å²) in [5.74, 6) is -1.42. The highest BCUT2D eigenvalue weighted by Crippen LogP contribution is 2.41. The van der Waals surface area contributed by atoms with Gasteiger partial charge in [0.1, 0.15) is 11.5 Å². The normalized spacial score (nSPS) is 12.5. The van der Waals surface area contributed by atoms with E-state index in [2.05, 4.69) is 10.6 Å². The Balaban J connectivity index is 1.73. The molecule has 0 radical (unpaired) electrons. The molecule has 2 aromatic rings. The van der Waals surface area contributed by atoms with Gasteiger partial charge in [-0.05, 0) is 45.9 Å². The van der Waals surface area contributed by atoms with Crippen LogP contribution in [-0.2, 0) is 40.7 Å². The van der Waals surface area contributed by atoms with Crippen molar-refractivity contribution in [1.82, 2.24) is 10.6 Å². The second-order valence-corrected chi connectivity index (χ2v) is 16.9. The van der Waals surface area contributed by atoms with Crippen molar-refractivity contribution >= 4 is 23.4 Å². The van der Waals surface area contributed by atoms with Gasteiger partial charge in [-0.2, -0.15) is 0 Å². The average Bonchev–Trinajstić information content (AvgIpc) is 2.97.